The topological polar surface area (TPSA) is 105 Å². The second-order valence-electron chi connectivity index (χ2n) is 9.14. The molecule has 1 aromatic heterocycles. The summed E-state index contributed by atoms with van der Waals surface area (Å²) < 4.78 is 1.59. The highest BCUT2D eigenvalue weighted by Gasteiger charge is 2.50. The highest BCUT2D eigenvalue weighted by atomic mass is 35.5. The lowest BCUT2D eigenvalue weighted by Crippen LogP contribution is -2.45. The van der Waals surface area contributed by atoms with E-state index < -0.39 is 23.1 Å². The van der Waals surface area contributed by atoms with Gasteiger partial charge in [-0.1, -0.05) is 47.5 Å². The van der Waals surface area contributed by atoms with Gasteiger partial charge in [0.25, 0.3) is 0 Å². The average molecular weight is 488 g/mol. The largest absolute Gasteiger partial charge is 0.389 e. The molecule has 3 atom stereocenters. The van der Waals surface area contributed by atoms with Gasteiger partial charge in [-0.2, -0.15) is 5.10 Å². The molecule has 1 aliphatic heterocycles. The lowest BCUT2D eigenvalue weighted by molar-refractivity contribution is -0.118. The molecule has 0 radical (unpaired) electrons. The number of benzene rings is 2. The first-order valence-corrected chi connectivity index (χ1v) is 11.4. The Hall–Kier alpha value is -2.42. The Morgan fingerprint density at radius 3 is 2.64 bits per heavy atom. The first-order valence-electron chi connectivity index (χ1n) is 10.7. The third-order valence-electron chi connectivity index (χ3n) is 5.82. The van der Waals surface area contributed by atoms with Crippen LogP contribution in [0.15, 0.2) is 60.8 Å². The van der Waals surface area contributed by atoms with Crippen molar-refractivity contribution in [3.8, 4) is 0 Å². The minimum Gasteiger partial charge on any atom is -0.389 e. The number of hydrogen-bond acceptors (Lipinski definition) is 5. The van der Waals surface area contributed by atoms with Crippen molar-refractivity contribution >= 4 is 34.9 Å². The van der Waals surface area contributed by atoms with E-state index in [4.69, 9.17) is 28.9 Å². The van der Waals surface area contributed by atoms with Crippen LogP contribution in [0.2, 0.25) is 10.0 Å². The molecule has 2 heterocycles. The minimum atomic E-state index is -0.921. The van der Waals surface area contributed by atoms with Crippen LogP contribution in [0.4, 0.5) is 5.82 Å². The summed E-state index contributed by atoms with van der Waals surface area (Å²) in [6.45, 7) is 4.08. The van der Waals surface area contributed by atoms with E-state index in [-0.39, 0.29) is 5.91 Å². The zero-order valence-electron chi connectivity index (χ0n) is 18.4. The van der Waals surface area contributed by atoms with E-state index in [0.29, 0.717) is 29.0 Å². The smallest absolute Gasteiger partial charge is 0.243 e. The van der Waals surface area contributed by atoms with E-state index in [0.717, 1.165) is 11.1 Å². The number of amides is 1. The Labute approximate surface area is 202 Å². The fourth-order valence-electron chi connectivity index (χ4n) is 4.40. The summed E-state index contributed by atoms with van der Waals surface area (Å²) in [6.07, 6.45) is 1.71. The molecule has 33 heavy (non-hydrogen) atoms. The molecule has 0 aliphatic carbocycles. The number of rotatable bonds is 6. The molecule has 0 bridgehead atoms. The van der Waals surface area contributed by atoms with Crippen molar-refractivity contribution in [2.24, 2.45) is 5.73 Å². The molecule has 9 heteroatoms. The maximum absolute atomic E-state index is 13.4. The zero-order chi connectivity index (χ0) is 23.8. The summed E-state index contributed by atoms with van der Waals surface area (Å²) in [4.78, 5) is 13.4. The van der Waals surface area contributed by atoms with Gasteiger partial charge in [0.1, 0.15) is 0 Å². The van der Waals surface area contributed by atoms with Crippen LogP contribution in [0, 0.1) is 0 Å². The van der Waals surface area contributed by atoms with E-state index in [1.807, 2.05) is 30.3 Å². The fourth-order valence-corrected chi connectivity index (χ4v) is 4.72. The van der Waals surface area contributed by atoms with E-state index in [2.05, 4.69) is 15.7 Å². The summed E-state index contributed by atoms with van der Waals surface area (Å²) in [6, 6.07) is 15.9. The van der Waals surface area contributed by atoms with Crippen LogP contribution in [-0.4, -0.2) is 39.0 Å². The van der Waals surface area contributed by atoms with E-state index in [1.54, 1.807) is 49.0 Å². The molecule has 5 N–H and O–H groups in total. The van der Waals surface area contributed by atoms with Crippen molar-refractivity contribution < 1.29 is 9.90 Å². The summed E-state index contributed by atoms with van der Waals surface area (Å²) in [5.74, 6) is -0.248. The first kappa shape index (κ1) is 23.7. The van der Waals surface area contributed by atoms with Crippen LogP contribution in [-0.2, 0) is 16.9 Å². The van der Waals surface area contributed by atoms with Crippen molar-refractivity contribution in [2.75, 3.05) is 11.9 Å². The Morgan fingerprint density at radius 2 is 1.97 bits per heavy atom. The number of nitrogens with two attached hydrogens (primary N) is 1. The predicted molar refractivity (Wildman–Crippen MR) is 130 cm³/mol. The molecule has 1 saturated heterocycles. The highest BCUT2D eigenvalue weighted by Crippen LogP contribution is 2.42. The number of nitrogens with zero attached hydrogens (tertiary/aromatic N) is 2. The molecule has 7 nitrogen and oxygen atoms in total. The van der Waals surface area contributed by atoms with Crippen molar-refractivity contribution in [3.05, 3.63) is 82.0 Å². The van der Waals surface area contributed by atoms with Crippen LogP contribution in [0.25, 0.3) is 0 Å². The number of halogens is 2. The van der Waals surface area contributed by atoms with Gasteiger partial charge < -0.3 is 21.5 Å². The summed E-state index contributed by atoms with van der Waals surface area (Å²) >= 11 is 12.4. The molecule has 2 aromatic carbocycles. The number of anilines is 1. The SMILES string of the molecule is CC(C)(O)Cn1ccc(NC(=O)[C@@H]2NC[C@](N)(c3ccc(Cl)cc3)[C@H]2c2cccc(Cl)c2)n1. The van der Waals surface area contributed by atoms with Crippen molar-refractivity contribution in [1.82, 2.24) is 15.1 Å². The second-order valence-corrected chi connectivity index (χ2v) is 10.0. The van der Waals surface area contributed by atoms with Gasteiger partial charge in [-0.3, -0.25) is 9.48 Å². The molecule has 4 rings (SSSR count). The first-order chi connectivity index (χ1) is 15.5. The molecule has 1 fully saturated rings. The quantitative estimate of drug-likeness (QED) is 0.425. The maximum Gasteiger partial charge on any atom is 0.243 e. The van der Waals surface area contributed by atoms with Gasteiger partial charge in [0.05, 0.1) is 23.7 Å². The predicted octanol–water partition coefficient (Wildman–Crippen LogP) is 3.51. The van der Waals surface area contributed by atoms with E-state index in [1.165, 1.54) is 0 Å². The molecule has 174 valence electrons. The summed E-state index contributed by atoms with van der Waals surface area (Å²) in [7, 11) is 0. The van der Waals surface area contributed by atoms with Gasteiger partial charge in [0.15, 0.2) is 5.82 Å². The minimum absolute atomic E-state index is 0.255. The maximum atomic E-state index is 13.4. The van der Waals surface area contributed by atoms with Crippen LogP contribution in [0.3, 0.4) is 0 Å². The Balaban J connectivity index is 1.64. The van der Waals surface area contributed by atoms with Gasteiger partial charge in [0, 0.05) is 34.8 Å². The molecule has 1 amide bonds. The van der Waals surface area contributed by atoms with Crippen molar-refractivity contribution in [3.63, 3.8) is 0 Å². The van der Waals surface area contributed by atoms with E-state index in [9.17, 15) is 9.90 Å². The average Bonchev–Trinajstić information content (AvgIpc) is 3.31. The molecule has 1 aliphatic rings. The second kappa shape index (κ2) is 9.08. The Bertz CT molecular complexity index is 1140. The number of nitrogens with one attached hydrogen (secondary N) is 2. The van der Waals surface area contributed by atoms with Crippen LogP contribution >= 0.6 is 23.2 Å². The number of hydrogen-bond donors (Lipinski definition) is 4. The summed E-state index contributed by atoms with van der Waals surface area (Å²) in [5, 5.41) is 21.7. The third kappa shape index (κ3) is 5.23. The monoisotopic (exact) mass is 487 g/mol. The fraction of sp³-hybridized carbons (Fsp3) is 0.333. The van der Waals surface area contributed by atoms with Crippen molar-refractivity contribution in [1.29, 1.82) is 0 Å². The standard InChI is InChI=1S/C24H27Cl2N5O2/c1-23(2,33)14-31-11-10-19(30-31)29-22(32)21-20(15-4-3-5-18(26)12-15)24(27,13-28-21)16-6-8-17(25)9-7-16/h3-12,20-21,28,33H,13-14,27H2,1-2H3,(H,29,30,32)/t20-,21+,24-/m0/s1. The molecule has 0 unspecified atom stereocenters. The highest BCUT2D eigenvalue weighted by molar-refractivity contribution is 6.30. The van der Waals surface area contributed by atoms with Gasteiger partial charge in [-0.05, 0) is 49.2 Å². The molecule has 3 aromatic rings. The van der Waals surface area contributed by atoms with E-state index >= 15 is 0 Å². The number of aromatic nitrogens is 2. The van der Waals surface area contributed by atoms with Gasteiger partial charge in [-0.25, -0.2) is 0 Å². The van der Waals surface area contributed by atoms with Crippen LogP contribution in [0.5, 0.6) is 0 Å². The normalized spacial score (nSPS) is 23.0. The molecular formula is C24H27Cl2N5O2. The van der Waals surface area contributed by atoms with Crippen LogP contribution < -0.4 is 16.4 Å². The lowest BCUT2D eigenvalue weighted by Gasteiger charge is -2.33. The van der Waals surface area contributed by atoms with Gasteiger partial charge in [-0.15, -0.1) is 0 Å². The van der Waals surface area contributed by atoms with Crippen LogP contribution in [0.1, 0.15) is 30.9 Å². The zero-order valence-corrected chi connectivity index (χ0v) is 19.9. The van der Waals surface area contributed by atoms with Crippen molar-refractivity contribution in [2.45, 2.75) is 43.5 Å². The summed E-state index contributed by atoms with van der Waals surface area (Å²) in [5.41, 5.74) is 6.92. The molecule has 0 saturated carbocycles. The number of carbonyl (C=O) groups is 1. The third-order valence-corrected chi connectivity index (χ3v) is 6.30. The van der Waals surface area contributed by atoms with Gasteiger partial charge >= 0.3 is 0 Å². The Kier molecular flexibility index (Phi) is 6.53. The molecule has 0 spiro atoms. The van der Waals surface area contributed by atoms with Gasteiger partial charge in [0.2, 0.25) is 5.91 Å². The number of carbonyl (C=O) groups excluding carboxylic acids is 1. The molecular weight excluding hydrogens is 461 g/mol. The Morgan fingerprint density at radius 1 is 1.24 bits per heavy atom. The lowest BCUT2D eigenvalue weighted by atomic mass is 9.74. The number of aliphatic hydroxyl groups is 1.